The topological polar surface area (TPSA) is 19.6 Å². The van der Waals surface area contributed by atoms with Crippen LogP contribution in [0.4, 0.5) is 34.1 Å². The first-order valence-electron chi connectivity index (χ1n) is 25.9. The summed E-state index contributed by atoms with van der Waals surface area (Å²) in [5.41, 5.74) is 25.8. The van der Waals surface area contributed by atoms with Crippen molar-refractivity contribution in [2.45, 2.75) is 181 Å². The van der Waals surface area contributed by atoms with Crippen LogP contribution in [0.15, 0.2) is 95.4 Å². The van der Waals surface area contributed by atoms with Crippen LogP contribution in [0.3, 0.4) is 0 Å². The standard InChI is InChI=1S/C64H73BN2O/c1-37-27-53-57-54(28-37)67(40-18-21-42-41-20-17-38(58(2,3)4)29-55(41)68-56(42)31-40)52-35-48-46(63(13,14)36-64(48,15)16)33-50(52)65(57)49-32-45-47(62(11,12)26-25-61(45,9)10)34-51(49)66(53)39-19-22-43-44(30-39)60(7,8)24-23-59(43,5)6/h17-22,27-35H,23-26,36H2,1-16H3. The second-order valence-corrected chi connectivity index (χ2v) is 27.2. The molecular formula is C64H73BN2O. The molecule has 0 saturated carbocycles. The van der Waals surface area contributed by atoms with Gasteiger partial charge in [0.25, 0.3) is 6.71 Å². The van der Waals surface area contributed by atoms with Crippen LogP contribution >= 0.6 is 0 Å². The van der Waals surface area contributed by atoms with Crippen LogP contribution in [0.2, 0.25) is 0 Å². The molecule has 0 spiro atoms. The first kappa shape index (κ1) is 44.0. The van der Waals surface area contributed by atoms with Crippen LogP contribution in [0, 0.1) is 6.92 Å². The van der Waals surface area contributed by atoms with Gasteiger partial charge in [0.15, 0.2) is 0 Å². The van der Waals surface area contributed by atoms with E-state index in [1.54, 1.807) is 0 Å². The Morgan fingerprint density at radius 1 is 0.441 bits per heavy atom. The third-order valence-corrected chi connectivity index (χ3v) is 18.3. The Balaban J connectivity index is 1.18. The van der Waals surface area contributed by atoms with Gasteiger partial charge >= 0.3 is 0 Å². The number of nitrogens with zero attached hydrogens (tertiary/aromatic N) is 2. The number of furan rings is 1. The molecule has 0 N–H and O–H groups in total. The van der Waals surface area contributed by atoms with E-state index in [1.165, 1.54) is 120 Å². The Bertz CT molecular complexity index is 3340. The minimum Gasteiger partial charge on any atom is -0.456 e. The highest BCUT2D eigenvalue weighted by Gasteiger charge is 2.50. The molecule has 3 aliphatic carbocycles. The molecule has 5 aliphatic rings. The summed E-state index contributed by atoms with van der Waals surface area (Å²) < 4.78 is 6.88. The van der Waals surface area contributed by atoms with Crippen molar-refractivity contribution in [3.05, 3.63) is 136 Å². The molecule has 3 heterocycles. The summed E-state index contributed by atoms with van der Waals surface area (Å²) >= 11 is 0. The Morgan fingerprint density at radius 2 is 0.868 bits per heavy atom. The molecule has 68 heavy (non-hydrogen) atoms. The maximum atomic E-state index is 6.88. The third kappa shape index (κ3) is 6.16. The van der Waals surface area contributed by atoms with Gasteiger partial charge in [0.1, 0.15) is 11.2 Å². The van der Waals surface area contributed by atoms with Crippen LogP contribution in [0.1, 0.15) is 180 Å². The molecule has 12 rings (SSSR count). The van der Waals surface area contributed by atoms with Crippen molar-refractivity contribution in [1.82, 2.24) is 0 Å². The van der Waals surface area contributed by atoms with Crippen molar-refractivity contribution in [3.63, 3.8) is 0 Å². The Hall–Kier alpha value is -5.22. The van der Waals surface area contributed by atoms with Crippen LogP contribution in [-0.2, 0) is 37.9 Å². The number of fused-ring (bicyclic) bond motifs is 10. The van der Waals surface area contributed by atoms with Gasteiger partial charge in [0.05, 0.1) is 0 Å². The molecule has 0 radical (unpaired) electrons. The van der Waals surface area contributed by atoms with Crippen LogP contribution in [0.25, 0.3) is 21.9 Å². The van der Waals surface area contributed by atoms with E-state index >= 15 is 0 Å². The molecule has 6 aromatic carbocycles. The molecule has 2 aliphatic heterocycles. The summed E-state index contributed by atoms with van der Waals surface area (Å²) in [5.74, 6) is 0. The summed E-state index contributed by atoms with van der Waals surface area (Å²) in [7, 11) is 0. The summed E-state index contributed by atoms with van der Waals surface area (Å²) in [6.45, 7) is 38.9. The number of aryl methyl sites for hydroxylation is 1. The Labute approximate surface area is 407 Å². The molecule has 0 amide bonds. The predicted octanol–water partition coefficient (Wildman–Crippen LogP) is 15.9. The smallest absolute Gasteiger partial charge is 0.252 e. The van der Waals surface area contributed by atoms with E-state index in [2.05, 4.69) is 212 Å². The molecule has 0 fully saturated rings. The Morgan fingerprint density at radius 3 is 1.41 bits per heavy atom. The number of benzene rings is 6. The van der Waals surface area contributed by atoms with E-state index in [1.807, 2.05) is 0 Å². The second kappa shape index (κ2) is 13.6. The zero-order chi connectivity index (χ0) is 48.2. The predicted molar refractivity (Wildman–Crippen MR) is 292 cm³/mol. The van der Waals surface area contributed by atoms with Crippen molar-refractivity contribution < 1.29 is 4.42 Å². The lowest BCUT2D eigenvalue weighted by molar-refractivity contribution is 0.332. The molecule has 348 valence electrons. The largest absolute Gasteiger partial charge is 0.456 e. The van der Waals surface area contributed by atoms with E-state index in [0.717, 1.165) is 28.7 Å². The molecule has 0 bridgehead atoms. The number of hydrogen-bond donors (Lipinski definition) is 0. The van der Waals surface area contributed by atoms with E-state index < -0.39 is 0 Å². The number of anilines is 6. The molecule has 0 unspecified atom stereocenters. The minimum atomic E-state index is 0.0306. The second-order valence-electron chi connectivity index (χ2n) is 27.2. The lowest BCUT2D eigenvalue weighted by atomic mass is 9.33. The van der Waals surface area contributed by atoms with Gasteiger partial charge in [-0.3, -0.25) is 0 Å². The van der Waals surface area contributed by atoms with Crippen molar-refractivity contribution in [1.29, 1.82) is 0 Å². The highest BCUT2D eigenvalue weighted by atomic mass is 16.3. The zero-order valence-electron chi connectivity index (χ0n) is 44.1. The lowest BCUT2D eigenvalue weighted by Crippen LogP contribution is -2.62. The highest BCUT2D eigenvalue weighted by molar-refractivity contribution is 7.00. The van der Waals surface area contributed by atoms with Gasteiger partial charge in [-0.2, -0.15) is 0 Å². The first-order chi connectivity index (χ1) is 31.7. The number of hydrogen-bond acceptors (Lipinski definition) is 3. The SMILES string of the molecule is Cc1cc2c3c(c1)N(c1ccc4c(c1)oc1cc(C(C)(C)C)ccc14)c1cc4c(cc1B3c1cc3c(cc1N2c1ccc2c(c1)C(C)(C)CCC2(C)C)C(C)(C)CCC3(C)C)C(C)(C)CC4(C)C. The minimum absolute atomic E-state index is 0.0306. The zero-order valence-corrected chi connectivity index (χ0v) is 44.1. The van der Waals surface area contributed by atoms with Crippen LogP contribution in [-0.4, -0.2) is 6.71 Å². The van der Waals surface area contributed by atoms with E-state index in [4.69, 9.17) is 4.42 Å². The quantitative estimate of drug-likeness (QED) is 0.161. The van der Waals surface area contributed by atoms with Gasteiger partial charge in [-0.25, -0.2) is 0 Å². The van der Waals surface area contributed by atoms with Gasteiger partial charge in [0.2, 0.25) is 0 Å². The van der Waals surface area contributed by atoms with Gasteiger partial charge in [-0.15, -0.1) is 0 Å². The van der Waals surface area contributed by atoms with E-state index in [0.29, 0.717) is 0 Å². The third-order valence-electron chi connectivity index (χ3n) is 18.3. The normalized spacial score (nSPS) is 20.7. The van der Waals surface area contributed by atoms with Crippen molar-refractivity contribution in [2.24, 2.45) is 0 Å². The maximum Gasteiger partial charge on any atom is 0.252 e. The van der Waals surface area contributed by atoms with Gasteiger partial charge in [-0.05, 0) is 192 Å². The van der Waals surface area contributed by atoms with Crippen LogP contribution in [0.5, 0.6) is 0 Å². The maximum absolute atomic E-state index is 6.88. The first-order valence-corrected chi connectivity index (χ1v) is 25.9. The molecule has 1 aromatic heterocycles. The summed E-state index contributed by atoms with van der Waals surface area (Å²) in [5, 5.41) is 2.34. The van der Waals surface area contributed by atoms with Gasteiger partial charge in [-0.1, -0.05) is 134 Å². The molecule has 7 aromatic rings. The summed E-state index contributed by atoms with van der Waals surface area (Å²) in [6, 6.07) is 37.0. The monoisotopic (exact) mass is 897 g/mol. The van der Waals surface area contributed by atoms with Crippen molar-refractivity contribution in [3.8, 4) is 0 Å². The average Bonchev–Trinajstić information content (AvgIpc) is 3.71. The lowest BCUT2D eigenvalue weighted by Gasteiger charge is -2.48. The molecule has 0 atom stereocenters. The van der Waals surface area contributed by atoms with Crippen molar-refractivity contribution in [2.75, 3.05) is 9.80 Å². The van der Waals surface area contributed by atoms with E-state index in [9.17, 15) is 0 Å². The summed E-state index contributed by atoms with van der Waals surface area (Å²) in [4.78, 5) is 5.33. The van der Waals surface area contributed by atoms with Gasteiger partial charge < -0.3 is 14.2 Å². The number of rotatable bonds is 2. The average molecular weight is 897 g/mol. The van der Waals surface area contributed by atoms with E-state index in [-0.39, 0.29) is 44.6 Å². The highest BCUT2D eigenvalue weighted by Crippen LogP contribution is 2.55. The Kier molecular flexibility index (Phi) is 8.77. The fourth-order valence-electron chi connectivity index (χ4n) is 14.3. The summed E-state index contributed by atoms with van der Waals surface area (Å²) in [6.07, 6.45) is 5.86. The van der Waals surface area contributed by atoms with Crippen LogP contribution < -0.4 is 26.2 Å². The molecule has 3 nitrogen and oxygen atoms in total. The van der Waals surface area contributed by atoms with Gasteiger partial charge in [0, 0.05) is 51.0 Å². The van der Waals surface area contributed by atoms with Crippen molar-refractivity contribution >= 4 is 79.2 Å². The molecular weight excluding hydrogens is 824 g/mol. The fraction of sp³-hybridized carbons (Fsp3) is 0.438. The molecule has 0 saturated heterocycles. The fourth-order valence-corrected chi connectivity index (χ4v) is 14.3. The molecule has 4 heteroatoms.